The van der Waals surface area contributed by atoms with E-state index in [2.05, 4.69) is 10.4 Å². The average Bonchev–Trinajstić information content (AvgIpc) is 3.39. The van der Waals surface area contributed by atoms with Gasteiger partial charge in [0.2, 0.25) is 17.7 Å². The van der Waals surface area contributed by atoms with Gasteiger partial charge in [-0.3, -0.25) is 34.2 Å². The van der Waals surface area contributed by atoms with Crippen LogP contribution in [0.5, 0.6) is 0 Å². The van der Waals surface area contributed by atoms with Crippen molar-refractivity contribution in [1.29, 1.82) is 0 Å². The zero-order valence-corrected chi connectivity index (χ0v) is 25.8. The topological polar surface area (TPSA) is 111 Å². The van der Waals surface area contributed by atoms with Crippen molar-refractivity contribution < 1.29 is 23.9 Å². The number of nitrogens with one attached hydrogen (secondary N) is 1. The standard InChI is InChI=1S/C31H52N4O5/c1-22(2)18-26(25(30(39)40-31(5,6)7)15-11-14-24-12-9-8-10-13-24)29(38)33-35(20-23(3)4)28(37)19-27(36)34-17-16-32-21-34/h16-17,21-26H,8-15,18-20H2,1-7H3,(H,33,38)/t25?,26-/m1/s1. The lowest BCUT2D eigenvalue weighted by molar-refractivity contribution is -0.165. The number of ether oxygens (including phenoxy) is 1. The molecule has 2 rings (SSSR count). The van der Waals surface area contributed by atoms with Crippen molar-refractivity contribution >= 4 is 23.7 Å². The van der Waals surface area contributed by atoms with Crippen LogP contribution in [0.15, 0.2) is 18.7 Å². The molecule has 1 unspecified atom stereocenters. The Bertz CT molecular complexity index is 945. The van der Waals surface area contributed by atoms with E-state index in [0.717, 1.165) is 12.8 Å². The number of aromatic nitrogens is 2. The van der Waals surface area contributed by atoms with Crippen molar-refractivity contribution in [1.82, 2.24) is 20.0 Å². The molecule has 1 aliphatic rings. The van der Waals surface area contributed by atoms with E-state index >= 15 is 0 Å². The largest absolute Gasteiger partial charge is 0.460 e. The third-order valence-electron chi connectivity index (χ3n) is 7.30. The van der Waals surface area contributed by atoms with Gasteiger partial charge in [0.05, 0.1) is 11.8 Å². The lowest BCUT2D eigenvalue weighted by Gasteiger charge is -2.32. The molecule has 0 aliphatic heterocycles. The Morgan fingerprint density at radius 1 is 1.02 bits per heavy atom. The molecule has 0 aromatic carbocycles. The second kappa shape index (κ2) is 15.9. The summed E-state index contributed by atoms with van der Waals surface area (Å²) in [6.07, 6.45) is 13.1. The third kappa shape index (κ3) is 11.8. The molecule has 40 heavy (non-hydrogen) atoms. The summed E-state index contributed by atoms with van der Waals surface area (Å²) in [5, 5.41) is 1.24. The maximum absolute atomic E-state index is 13.9. The SMILES string of the molecule is CC(C)C[C@@H](C(=O)NN(CC(C)C)C(=O)CC(=O)n1ccnc1)C(CCCC1CCCCC1)C(=O)OC(C)(C)C. The molecule has 0 spiro atoms. The van der Waals surface area contributed by atoms with Crippen LogP contribution in [0.3, 0.4) is 0 Å². The predicted octanol–water partition coefficient (Wildman–Crippen LogP) is 5.80. The van der Waals surface area contributed by atoms with Crippen LogP contribution in [-0.2, 0) is 19.1 Å². The summed E-state index contributed by atoms with van der Waals surface area (Å²) in [7, 11) is 0. The Hall–Kier alpha value is -2.71. The molecule has 1 fully saturated rings. The summed E-state index contributed by atoms with van der Waals surface area (Å²) in [6, 6.07) is 0. The summed E-state index contributed by atoms with van der Waals surface area (Å²) in [6.45, 7) is 13.7. The number of rotatable bonds is 13. The molecular weight excluding hydrogens is 508 g/mol. The molecule has 0 radical (unpaired) electrons. The summed E-state index contributed by atoms with van der Waals surface area (Å²) < 4.78 is 7.06. The van der Waals surface area contributed by atoms with Gasteiger partial charge in [-0.15, -0.1) is 0 Å². The Balaban J connectivity index is 2.23. The predicted molar refractivity (Wildman–Crippen MR) is 155 cm³/mol. The van der Waals surface area contributed by atoms with Crippen LogP contribution in [0.2, 0.25) is 0 Å². The normalized spacial score (nSPS) is 16.0. The number of nitrogens with zero attached hydrogens (tertiary/aromatic N) is 3. The van der Waals surface area contributed by atoms with Crippen molar-refractivity contribution in [3.05, 3.63) is 18.7 Å². The highest BCUT2D eigenvalue weighted by molar-refractivity contribution is 5.98. The zero-order valence-electron chi connectivity index (χ0n) is 25.8. The van der Waals surface area contributed by atoms with E-state index in [1.54, 1.807) is 0 Å². The number of esters is 1. The lowest BCUT2D eigenvalue weighted by Crippen LogP contribution is -2.52. The Morgan fingerprint density at radius 3 is 2.25 bits per heavy atom. The second-order valence-electron chi connectivity index (χ2n) is 13.2. The average molecular weight is 561 g/mol. The van der Waals surface area contributed by atoms with Crippen LogP contribution in [-0.4, -0.2) is 50.4 Å². The molecule has 2 amide bonds. The minimum absolute atomic E-state index is 0.0493. The fourth-order valence-corrected chi connectivity index (χ4v) is 5.44. The number of carbonyl (C=O) groups excluding carboxylic acids is 4. The van der Waals surface area contributed by atoms with Gasteiger partial charge in [0.1, 0.15) is 18.3 Å². The van der Waals surface area contributed by atoms with Crippen LogP contribution >= 0.6 is 0 Å². The summed E-state index contributed by atoms with van der Waals surface area (Å²) in [4.78, 5) is 56.9. The van der Waals surface area contributed by atoms with Crippen LogP contribution in [0.1, 0.15) is 117 Å². The van der Waals surface area contributed by atoms with Crippen LogP contribution in [0, 0.1) is 29.6 Å². The quantitative estimate of drug-likeness (QED) is 0.185. The van der Waals surface area contributed by atoms with Gasteiger partial charge in [-0.05, 0) is 51.4 Å². The molecule has 0 bridgehead atoms. The smallest absolute Gasteiger partial charge is 0.310 e. The van der Waals surface area contributed by atoms with E-state index in [1.165, 1.54) is 60.4 Å². The lowest BCUT2D eigenvalue weighted by atomic mass is 9.79. The first-order valence-electron chi connectivity index (χ1n) is 15.1. The van der Waals surface area contributed by atoms with Gasteiger partial charge < -0.3 is 4.74 Å². The van der Waals surface area contributed by atoms with Crippen molar-refractivity contribution in [3.8, 4) is 0 Å². The molecule has 1 aliphatic carbocycles. The van der Waals surface area contributed by atoms with Gasteiger partial charge in [0, 0.05) is 18.9 Å². The van der Waals surface area contributed by atoms with Crippen molar-refractivity contribution in [3.63, 3.8) is 0 Å². The monoisotopic (exact) mass is 560 g/mol. The number of hydrazine groups is 1. The Labute approximate surface area is 240 Å². The number of hydrogen-bond acceptors (Lipinski definition) is 6. The third-order valence-corrected chi connectivity index (χ3v) is 7.30. The molecular formula is C31H52N4O5. The molecule has 9 heteroatoms. The zero-order chi connectivity index (χ0) is 29.9. The van der Waals surface area contributed by atoms with Crippen LogP contribution in [0.25, 0.3) is 0 Å². The van der Waals surface area contributed by atoms with Gasteiger partial charge >= 0.3 is 5.97 Å². The van der Waals surface area contributed by atoms with Crippen LogP contribution < -0.4 is 5.43 Å². The van der Waals surface area contributed by atoms with Crippen molar-refractivity contribution in [2.24, 2.45) is 29.6 Å². The Morgan fingerprint density at radius 2 is 1.70 bits per heavy atom. The van der Waals surface area contributed by atoms with Crippen molar-refractivity contribution in [2.75, 3.05) is 6.54 Å². The van der Waals surface area contributed by atoms with Crippen molar-refractivity contribution in [2.45, 2.75) is 118 Å². The van der Waals surface area contributed by atoms with Gasteiger partial charge in [-0.2, -0.15) is 0 Å². The summed E-state index contributed by atoms with van der Waals surface area (Å²) in [5.74, 6) is -2.09. The molecule has 1 saturated carbocycles. The maximum Gasteiger partial charge on any atom is 0.310 e. The molecule has 0 saturated heterocycles. The highest BCUT2D eigenvalue weighted by Crippen LogP contribution is 2.32. The summed E-state index contributed by atoms with van der Waals surface area (Å²) in [5.41, 5.74) is 2.13. The minimum atomic E-state index is -0.676. The Kier molecular flexibility index (Phi) is 13.3. The summed E-state index contributed by atoms with van der Waals surface area (Å²) >= 11 is 0. The molecule has 1 aromatic heterocycles. The molecule has 226 valence electrons. The highest BCUT2D eigenvalue weighted by atomic mass is 16.6. The van der Waals surface area contributed by atoms with Gasteiger partial charge in [-0.25, -0.2) is 4.98 Å². The fourth-order valence-electron chi connectivity index (χ4n) is 5.44. The van der Waals surface area contributed by atoms with E-state index in [4.69, 9.17) is 4.74 Å². The van der Waals surface area contributed by atoms with E-state index in [9.17, 15) is 19.2 Å². The van der Waals surface area contributed by atoms with Gasteiger partial charge in [0.15, 0.2) is 0 Å². The first-order chi connectivity index (χ1) is 18.8. The minimum Gasteiger partial charge on any atom is -0.460 e. The van der Waals surface area contributed by atoms with Gasteiger partial charge in [-0.1, -0.05) is 72.6 Å². The number of carbonyl (C=O) groups is 4. The second-order valence-corrected chi connectivity index (χ2v) is 13.2. The van der Waals surface area contributed by atoms with E-state index < -0.39 is 35.7 Å². The number of imidazole rings is 1. The molecule has 1 N–H and O–H groups in total. The number of amides is 2. The fraction of sp³-hybridized carbons (Fsp3) is 0.774. The van der Waals surface area contributed by atoms with E-state index in [1.807, 2.05) is 48.5 Å². The first-order valence-corrected chi connectivity index (χ1v) is 15.1. The van der Waals surface area contributed by atoms with Crippen LogP contribution in [0.4, 0.5) is 0 Å². The number of hydrogen-bond donors (Lipinski definition) is 1. The highest BCUT2D eigenvalue weighted by Gasteiger charge is 2.38. The first kappa shape index (κ1) is 33.5. The van der Waals surface area contributed by atoms with E-state index in [-0.39, 0.29) is 30.3 Å². The van der Waals surface area contributed by atoms with E-state index in [0.29, 0.717) is 18.8 Å². The maximum atomic E-state index is 13.9. The molecule has 9 nitrogen and oxygen atoms in total. The molecule has 1 heterocycles. The molecule has 1 aromatic rings. The molecule has 2 atom stereocenters. The van der Waals surface area contributed by atoms with Gasteiger partial charge in [0.25, 0.3) is 0 Å².